The molecule has 3 N–H and O–H groups in total. The van der Waals surface area contributed by atoms with Crippen molar-refractivity contribution >= 4 is 35.8 Å². The van der Waals surface area contributed by atoms with Gasteiger partial charge in [0.25, 0.3) is 0 Å². The van der Waals surface area contributed by atoms with Crippen molar-refractivity contribution in [2.45, 2.75) is 283 Å². The molecule has 0 aromatic rings. The van der Waals surface area contributed by atoms with Crippen LogP contribution in [0, 0.1) is 0 Å². The Bertz CT molecular complexity index is 1450. The number of nitrogens with one attached hydrogen (secondary N) is 1. The maximum Gasteiger partial charge on any atom is 0.362 e. The van der Waals surface area contributed by atoms with Gasteiger partial charge in [0.2, 0.25) is 0 Å². The third-order valence-corrected chi connectivity index (χ3v) is 13.8. The van der Waals surface area contributed by atoms with Crippen LogP contribution in [0.5, 0.6) is 0 Å². The number of esters is 6. The van der Waals surface area contributed by atoms with Gasteiger partial charge in [-0.05, 0) is 64.2 Å². The van der Waals surface area contributed by atoms with Crippen LogP contribution < -0.4 is 5.32 Å². The molecule has 0 amide bonds. The molecule has 76 heavy (non-hydrogen) atoms. The van der Waals surface area contributed by atoms with Gasteiger partial charge in [-0.2, -0.15) is 0 Å². The largest absolute Gasteiger partial charge is 0.466 e. The highest BCUT2D eigenvalue weighted by atomic mass is 16.6. The van der Waals surface area contributed by atoms with E-state index in [1.165, 1.54) is 52.4 Å². The van der Waals surface area contributed by atoms with Crippen molar-refractivity contribution in [2.75, 3.05) is 66.7 Å². The zero-order chi connectivity index (χ0) is 56.3. The lowest BCUT2D eigenvalue weighted by Crippen LogP contribution is -2.47. The number of quaternary nitrogens is 1. The molecule has 0 spiro atoms. The van der Waals surface area contributed by atoms with Crippen molar-refractivity contribution in [3.05, 3.63) is 0 Å². The van der Waals surface area contributed by atoms with Crippen LogP contribution in [0.15, 0.2) is 0 Å². The third-order valence-electron chi connectivity index (χ3n) is 13.8. The summed E-state index contributed by atoms with van der Waals surface area (Å²) in [5.41, 5.74) is 0. The van der Waals surface area contributed by atoms with E-state index in [1.54, 1.807) is 0 Å². The fourth-order valence-electron chi connectivity index (χ4n) is 9.11. The number of rotatable bonds is 55. The molecule has 0 aromatic carbocycles. The van der Waals surface area contributed by atoms with Crippen LogP contribution in [-0.4, -0.2) is 142 Å². The summed E-state index contributed by atoms with van der Waals surface area (Å²) in [6.07, 6.45) is 31.2. The van der Waals surface area contributed by atoms with Crippen LogP contribution >= 0.6 is 0 Å². The minimum absolute atomic E-state index is 0.00780. The normalized spacial score (nSPS) is 13.1. The Hall–Kier alpha value is -3.34. The van der Waals surface area contributed by atoms with E-state index in [-0.39, 0.29) is 56.1 Å². The number of aliphatic hydroxyl groups excluding tert-OH is 2. The van der Waals surface area contributed by atoms with Gasteiger partial charge < -0.3 is 48.4 Å². The first kappa shape index (κ1) is 72.7. The van der Waals surface area contributed by atoms with Gasteiger partial charge in [-0.1, -0.05) is 168 Å². The quantitative estimate of drug-likeness (QED) is 0.0224. The van der Waals surface area contributed by atoms with Gasteiger partial charge in [-0.15, -0.1) is 0 Å². The smallest absolute Gasteiger partial charge is 0.362 e. The molecule has 4 atom stereocenters. The Morgan fingerprint density at radius 3 is 1.18 bits per heavy atom. The minimum atomic E-state index is -0.721. The molecule has 0 saturated heterocycles. The van der Waals surface area contributed by atoms with Crippen LogP contribution in [0.2, 0.25) is 0 Å². The predicted molar refractivity (Wildman–Crippen MR) is 299 cm³/mol. The summed E-state index contributed by atoms with van der Waals surface area (Å²) in [6, 6.07) is 0. The van der Waals surface area contributed by atoms with Crippen molar-refractivity contribution in [2.24, 2.45) is 0 Å². The lowest BCUT2D eigenvalue weighted by atomic mass is 9.99. The lowest BCUT2D eigenvalue weighted by molar-refractivity contribution is -0.883. The Labute approximate surface area is 461 Å². The molecule has 446 valence electrons. The first-order chi connectivity index (χ1) is 36.6. The summed E-state index contributed by atoms with van der Waals surface area (Å²) >= 11 is 0. The van der Waals surface area contributed by atoms with E-state index >= 15 is 0 Å². The number of ether oxygens (including phenoxy) is 6. The molecule has 0 rings (SSSR count). The van der Waals surface area contributed by atoms with E-state index < -0.39 is 30.4 Å². The highest BCUT2D eigenvalue weighted by Gasteiger charge is 2.28. The molecular formula is C60H113N2O14+. The summed E-state index contributed by atoms with van der Waals surface area (Å²) in [5, 5.41) is 24.9. The van der Waals surface area contributed by atoms with E-state index in [0.717, 1.165) is 154 Å². The second-order valence-corrected chi connectivity index (χ2v) is 21.9. The minimum Gasteiger partial charge on any atom is -0.466 e. The Morgan fingerprint density at radius 1 is 0.408 bits per heavy atom. The van der Waals surface area contributed by atoms with E-state index in [9.17, 15) is 39.0 Å². The molecule has 4 unspecified atom stereocenters. The van der Waals surface area contributed by atoms with Gasteiger partial charge in [0.15, 0.2) is 6.54 Å². The molecule has 16 nitrogen and oxygen atoms in total. The maximum atomic E-state index is 12.9. The van der Waals surface area contributed by atoms with Crippen molar-refractivity contribution in [1.29, 1.82) is 0 Å². The van der Waals surface area contributed by atoms with E-state index in [0.29, 0.717) is 69.3 Å². The second kappa shape index (κ2) is 51.1. The Morgan fingerprint density at radius 2 is 0.763 bits per heavy atom. The number of hydrogen-bond acceptors (Lipinski definition) is 15. The van der Waals surface area contributed by atoms with E-state index in [4.69, 9.17) is 28.4 Å². The average Bonchev–Trinajstić information content (AvgIpc) is 3.36. The fourth-order valence-corrected chi connectivity index (χ4v) is 9.11. The monoisotopic (exact) mass is 1090 g/mol. The molecule has 0 radical (unpaired) electrons. The summed E-state index contributed by atoms with van der Waals surface area (Å²) in [5.74, 6) is -1.77. The lowest BCUT2D eigenvalue weighted by Gasteiger charge is -2.30. The van der Waals surface area contributed by atoms with Crippen LogP contribution in [0.4, 0.5) is 0 Å². The fraction of sp³-hybridized carbons (Fsp3) is 0.900. The molecule has 0 saturated carbocycles. The summed E-state index contributed by atoms with van der Waals surface area (Å²) in [6.45, 7) is 9.38. The summed E-state index contributed by atoms with van der Waals surface area (Å²) < 4.78 is 32.7. The van der Waals surface area contributed by atoms with Crippen LogP contribution in [0.1, 0.15) is 259 Å². The number of hydrogen-bond donors (Lipinski definition) is 3. The van der Waals surface area contributed by atoms with Crippen LogP contribution in [0.3, 0.4) is 0 Å². The Balaban J connectivity index is 4.03. The summed E-state index contributed by atoms with van der Waals surface area (Å²) in [7, 11) is 3.79. The molecule has 16 heteroatoms. The van der Waals surface area contributed by atoms with Gasteiger partial charge >= 0.3 is 35.8 Å². The highest BCUT2D eigenvalue weighted by Crippen LogP contribution is 2.21. The Kier molecular flexibility index (Phi) is 48.9. The molecule has 0 fully saturated rings. The number of nitrogens with zero attached hydrogens (tertiary/aromatic N) is 1. The van der Waals surface area contributed by atoms with E-state index in [2.05, 4.69) is 19.2 Å². The topological polar surface area (TPSA) is 210 Å². The van der Waals surface area contributed by atoms with Gasteiger partial charge in [0.05, 0.1) is 46.1 Å². The molecule has 0 aliphatic rings. The number of carbonyl (C=O) groups excluding carboxylic acids is 6. The second-order valence-electron chi connectivity index (χ2n) is 21.9. The number of aliphatic hydroxyl groups is 2. The molecule has 0 aromatic heterocycles. The molecule has 0 heterocycles. The van der Waals surface area contributed by atoms with Crippen molar-refractivity contribution in [3.63, 3.8) is 0 Å². The van der Waals surface area contributed by atoms with Gasteiger partial charge in [-0.25, -0.2) is 4.79 Å². The molecule has 0 aliphatic heterocycles. The van der Waals surface area contributed by atoms with Gasteiger partial charge in [0.1, 0.15) is 32.0 Å². The molecule has 0 aliphatic carbocycles. The van der Waals surface area contributed by atoms with Crippen molar-refractivity contribution in [3.8, 4) is 0 Å². The van der Waals surface area contributed by atoms with Crippen molar-refractivity contribution in [1.82, 2.24) is 5.32 Å². The SMILES string of the molecule is CCCCCCCCC(OC(=O)CNCCOC(C)=O)C(O)CCCCCCCC(=O)OCCCCCCCCCCOC(=O)CCCCCCCC(O)C(CCCCCCCC)OC(=O)C[N+](C)(C)CCOC(C)=O. The standard InChI is InChI=1S/C60H113N2O14/c1-7-9-11-13-23-31-39-55(75-59(69)49-61-43-47-71-51(3)63)53(65)37-29-21-19-25-33-41-57(67)73-45-35-27-17-15-16-18-28-36-46-74-58(68)42-34-26-20-22-30-38-54(66)56(40-32-24-14-12-10-8-2)76-60(70)50-62(5,6)44-48-72-52(4)64/h53-56,61,65-66H,7-50H2,1-6H3/q+1. The predicted octanol–water partition coefficient (Wildman–Crippen LogP) is 11.5. The number of unbranched alkanes of at least 4 members (excludes halogenated alkanes) is 25. The third kappa shape index (κ3) is 49.0. The van der Waals surface area contributed by atoms with Gasteiger partial charge in [0, 0.05) is 33.2 Å². The van der Waals surface area contributed by atoms with Crippen molar-refractivity contribution < 1.29 is 71.9 Å². The maximum absolute atomic E-state index is 12.9. The number of likely N-dealkylation sites (N-methyl/N-ethyl adjacent to an activating group) is 1. The first-order valence-electron chi connectivity index (χ1n) is 30.5. The van der Waals surface area contributed by atoms with Crippen LogP contribution in [0.25, 0.3) is 0 Å². The number of carbonyl (C=O) groups is 6. The first-order valence-corrected chi connectivity index (χ1v) is 30.5. The van der Waals surface area contributed by atoms with E-state index in [1.807, 2.05) is 14.1 Å². The highest BCUT2D eigenvalue weighted by molar-refractivity contribution is 5.72. The average molecular weight is 1090 g/mol. The molecular weight excluding hydrogens is 973 g/mol. The van der Waals surface area contributed by atoms with Gasteiger partial charge in [-0.3, -0.25) is 24.0 Å². The zero-order valence-electron chi connectivity index (χ0n) is 49.2. The molecule has 0 bridgehead atoms. The van der Waals surface area contributed by atoms with Crippen LogP contribution in [-0.2, 0) is 57.2 Å². The zero-order valence-corrected chi connectivity index (χ0v) is 49.2. The summed E-state index contributed by atoms with van der Waals surface area (Å²) in [4.78, 5) is 72.0.